The standard InChI is InChI=1S/C22H23N3O3S/c1-15-3-7-17(8-4-15)21-13-20(22(26)23-18-9-5-16(2)6-10-18)24-25(21)19-11-12-29(27,28)14-19/h3-10,13,19H,11-12,14H2,1-2H3,(H,23,26)/t19-/m0/s1. The van der Waals surface area contributed by atoms with Gasteiger partial charge in [-0.25, -0.2) is 8.42 Å². The fourth-order valence-electron chi connectivity index (χ4n) is 3.52. The lowest BCUT2D eigenvalue weighted by Gasteiger charge is -2.13. The first-order chi connectivity index (χ1) is 13.8. The van der Waals surface area contributed by atoms with Crippen molar-refractivity contribution in [2.24, 2.45) is 0 Å². The number of rotatable bonds is 4. The van der Waals surface area contributed by atoms with Gasteiger partial charge in [0.25, 0.3) is 5.91 Å². The normalized spacial score (nSPS) is 17.9. The van der Waals surface area contributed by atoms with Gasteiger partial charge in [-0.15, -0.1) is 0 Å². The molecule has 1 aliphatic heterocycles. The van der Waals surface area contributed by atoms with E-state index < -0.39 is 9.84 Å². The Labute approximate surface area is 170 Å². The van der Waals surface area contributed by atoms with Crippen LogP contribution in [0.5, 0.6) is 0 Å². The molecule has 2 aromatic carbocycles. The minimum Gasteiger partial charge on any atom is -0.321 e. The first-order valence-electron chi connectivity index (χ1n) is 9.56. The molecular formula is C22H23N3O3S. The summed E-state index contributed by atoms with van der Waals surface area (Å²) in [6.45, 7) is 3.99. The van der Waals surface area contributed by atoms with E-state index in [2.05, 4.69) is 10.4 Å². The zero-order valence-corrected chi connectivity index (χ0v) is 17.2. The number of anilines is 1. The number of carbonyl (C=O) groups is 1. The summed E-state index contributed by atoms with van der Waals surface area (Å²) in [5.74, 6) is -0.121. The number of amides is 1. The Morgan fingerprint density at radius 2 is 1.66 bits per heavy atom. The molecule has 6 nitrogen and oxygen atoms in total. The van der Waals surface area contributed by atoms with E-state index in [-0.39, 0.29) is 29.1 Å². The molecule has 1 saturated heterocycles. The average molecular weight is 410 g/mol. The van der Waals surface area contributed by atoms with Crippen molar-refractivity contribution in [1.29, 1.82) is 0 Å². The maximum Gasteiger partial charge on any atom is 0.276 e. The number of hydrogen-bond donors (Lipinski definition) is 1. The minimum absolute atomic E-state index is 0.0482. The van der Waals surface area contributed by atoms with Gasteiger partial charge in [-0.05, 0) is 44.0 Å². The summed E-state index contributed by atoms with van der Waals surface area (Å²) in [6, 6.07) is 16.9. The number of nitrogens with zero attached hydrogens (tertiary/aromatic N) is 2. The van der Waals surface area contributed by atoms with Crippen molar-refractivity contribution in [1.82, 2.24) is 9.78 Å². The second-order valence-electron chi connectivity index (χ2n) is 7.60. The van der Waals surface area contributed by atoms with Gasteiger partial charge in [0.05, 0.1) is 23.2 Å². The van der Waals surface area contributed by atoms with E-state index in [1.807, 2.05) is 62.4 Å². The maximum absolute atomic E-state index is 12.8. The Balaban J connectivity index is 1.69. The molecule has 1 N–H and O–H groups in total. The molecular weight excluding hydrogens is 386 g/mol. The van der Waals surface area contributed by atoms with Crippen molar-refractivity contribution in [3.05, 3.63) is 71.4 Å². The van der Waals surface area contributed by atoms with Crippen molar-refractivity contribution < 1.29 is 13.2 Å². The van der Waals surface area contributed by atoms with Crippen LogP contribution >= 0.6 is 0 Å². The lowest BCUT2D eigenvalue weighted by atomic mass is 10.1. The zero-order valence-electron chi connectivity index (χ0n) is 16.4. The van der Waals surface area contributed by atoms with Crippen LogP contribution in [0.4, 0.5) is 5.69 Å². The molecule has 1 fully saturated rings. The predicted molar refractivity (Wildman–Crippen MR) is 114 cm³/mol. The average Bonchev–Trinajstić information content (AvgIpc) is 3.28. The highest BCUT2D eigenvalue weighted by Crippen LogP contribution is 2.30. The number of aromatic nitrogens is 2. The number of hydrogen-bond acceptors (Lipinski definition) is 4. The van der Waals surface area contributed by atoms with Crippen molar-refractivity contribution in [3.8, 4) is 11.3 Å². The molecule has 150 valence electrons. The van der Waals surface area contributed by atoms with Gasteiger partial charge in [0.1, 0.15) is 0 Å². The predicted octanol–water partition coefficient (Wildman–Crippen LogP) is 3.78. The molecule has 1 aromatic heterocycles. The summed E-state index contributed by atoms with van der Waals surface area (Å²) in [4.78, 5) is 12.8. The van der Waals surface area contributed by atoms with Gasteiger partial charge in [-0.1, -0.05) is 47.5 Å². The van der Waals surface area contributed by atoms with Crippen LogP contribution in [0.1, 0.15) is 34.1 Å². The van der Waals surface area contributed by atoms with E-state index in [0.717, 1.165) is 22.4 Å². The van der Waals surface area contributed by atoms with Crippen LogP contribution in [0.2, 0.25) is 0 Å². The van der Waals surface area contributed by atoms with Crippen molar-refractivity contribution >= 4 is 21.4 Å². The zero-order chi connectivity index (χ0) is 20.6. The molecule has 0 unspecified atom stereocenters. The van der Waals surface area contributed by atoms with Crippen molar-refractivity contribution in [3.63, 3.8) is 0 Å². The quantitative estimate of drug-likeness (QED) is 0.711. The van der Waals surface area contributed by atoms with E-state index in [4.69, 9.17) is 0 Å². The van der Waals surface area contributed by atoms with E-state index in [1.165, 1.54) is 0 Å². The molecule has 4 rings (SSSR count). The third-order valence-corrected chi connectivity index (χ3v) is 6.93. The Hall–Kier alpha value is -2.93. The lowest BCUT2D eigenvalue weighted by molar-refractivity contribution is 0.102. The SMILES string of the molecule is Cc1ccc(NC(=O)c2cc(-c3ccc(C)cc3)n([C@H]3CCS(=O)(=O)C3)n2)cc1. The van der Waals surface area contributed by atoms with Gasteiger partial charge in [0.2, 0.25) is 0 Å². The Morgan fingerprint density at radius 3 is 2.24 bits per heavy atom. The van der Waals surface area contributed by atoms with E-state index in [0.29, 0.717) is 12.1 Å². The molecule has 7 heteroatoms. The van der Waals surface area contributed by atoms with Gasteiger partial charge >= 0.3 is 0 Å². The number of sulfone groups is 1. The molecule has 0 aliphatic carbocycles. The largest absolute Gasteiger partial charge is 0.321 e. The van der Waals surface area contributed by atoms with Crippen molar-refractivity contribution in [2.75, 3.05) is 16.8 Å². The molecule has 3 aromatic rings. The second-order valence-corrected chi connectivity index (χ2v) is 9.83. The molecule has 1 amide bonds. The monoisotopic (exact) mass is 409 g/mol. The molecule has 1 aliphatic rings. The van der Waals surface area contributed by atoms with Crippen LogP contribution < -0.4 is 5.32 Å². The topological polar surface area (TPSA) is 81.1 Å². The number of benzene rings is 2. The number of aryl methyl sites for hydroxylation is 2. The third-order valence-electron chi connectivity index (χ3n) is 5.18. The van der Waals surface area contributed by atoms with Gasteiger partial charge in [-0.3, -0.25) is 9.48 Å². The van der Waals surface area contributed by atoms with Gasteiger partial charge in [0.15, 0.2) is 15.5 Å². The molecule has 1 atom stereocenters. The van der Waals surface area contributed by atoms with Crippen LogP contribution in [0.15, 0.2) is 54.6 Å². The van der Waals surface area contributed by atoms with Crippen LogP contribution in [0.25, 0.3) is 11.3 Å². The lowest BCUT2D eigenvalue weighted by Crippen LogP contribution is -2.16. The molecule has 29 heavy (non-hydrogen) atoms. The maximum atomic E-state index is 12.8. The first-order valence-corrected chi connectivity index (χ1v) is 11.4. The van der Waals surface area contributed by atoms with Crippen molar-refractivity contribution in [2.45, 2.75) is 26.3 Å². The summed E-state index contributed by atoms with van der Waals surface area (Å²) >= 11 is 0. The third kappa shape index (κ3) is 4.24. The van der Waals surface area contributed by atoms with E-state index in [9.17, 15) is 13.2 Å². The smallest absolute Gasteiger partial charge is 0.276 e. The summed E-state index contributed by atoms with van der Waals surface area (Å²) in [5.41, 5.74) is 4.85. The Kier molecular flexibility index (Phi) is 5.00. The first kappa shape index (κ1) is 19.4. The molecule has 0 saturated carbocycles. The molecule has 0 bridgehead atoms. The van der Waals surface area contributed by atoms with E-state index in [1.54, 1.807) is 10.7 Å². The highest BCUT2D eigenvalue weighted by molar-refractivity contribution is 7.91. The van der Waals surface area contributed by atoms with E-state index >= 15 is 0 Å². The minimum atomic E-state index is -3.07. The van der Waals surface area contributed by atoms with Crippen LogP contribution in [-0.4, -0.2) is 35.6 Å². The highest BCUT2D eigenvalue weighted by Gasteiger charge is 2.32. The summed E-state index contributed by atoms with van der Waals surface area (Å²) in [7, 11) is -3.07. The summed E-state index contributed by atoms with van der Waals surface area (Å²) in [6.07, 6.45) is 0.502. The van der Waals surface area contributed by atoms with Crippen LogP contribution in [-0.2, 0) is 9.84 Å². The van der Waals surface area contributed by atoms with Gasteiger partial charge in [0, 0.05) is 5.69 Å². The summed E-state index contributed by atoms with van der Waals surface area (Å²) in [5, 5.41) is 7.37. The fraction of sp³-hybridized carbons (Fsp3) is 0.273. The second kappa shape index (κ2) is 7.48. The Morgan fingerprint density at radius 1 is 1.03 bits per heavy atom. The van der Waals surface area contributed by atoms with Crippen LogP contribution in [0.3, 0.4) is 0 Å². The molecule has 2 heterocycles. The highest BCUT2D eigenvalue weighted by atomic mass is 32.2. The Bertz CT molecular complexity index is 1150. The summed E-state index contributed by atoms with van der Waals surface area (Å²) < 4.78 is 25.7. The fourth-order valence-corrected chi connectivity index (χ4v) is 5.22. The van der Waals surface area contributed by atoms with Gasteiger partial charge in [-0.2, -0.15) is 5.10 Å². The molecule has 0 spiro atoms. The van der Waals surface area contributed by atoms with Crippen LogP contribution in [0, 0.1) is 13.8 Å². The molecule has 0 radical (unpaired) electrons. The number of carbonyl (C=O) groups excluding carboxylic acids is 1. The number of nitrogens with one attached hydrogen (secondary N) is 1. The van der Waals surface area contributed by atoms with Gasteiger partial charge < -0.3 is 5.32 Å².